The van der Waals surface area contributed by atoms with Crippen LogP contribution in [0.5, 0.6) is 0 Å². The zero-order valence-corrected chi connectivity index (χ0v) is 9.93. The van der Waals surface area contributed by atoms with Gasteiger partial charge in [0.2, 0.25) is 0 Å². The van der Waals surface area contributed by atoms with Crippen molar-refractivity contribution < 1.29 is 4.79 Å². The molecule has 0 radical (unpaired) electrons. The van der Waals surface area contributed by atoms with Crippen molar-refractivity contribution in [2.24, 2.45) is 0 Å². The second-order valence-corrected chi connectivity index (χ2v) is 5.38. The van der Waals surface area contributed by atoms with Crippen molar-refractivity contribution in [3.05, 3.63) is 15.8 Å². The molecule has 1 aromatic heterocycles. The van der Waals surface area contributed by atoms with Crippen LogP contribution in [0.15, 0.2) is 6.07 Å². The first kappa shape index (κ1) is 10.5. The van der Waals surface area contributed by atoms with E-state index in [1.54, 1.807) is 6.07 Å². The molecule has 1 saturated carbocycles. The Labute approximate surface area is 93.9 Å². The van der Waals surface area contributed by atoms with Crippen molar-refractivity contribution >= 4 is 22.9 Å². The lowest BCUT2D eigenvalue weighted by Gasteiger charge is -2.34. The van der Waals surface area contributed by atoms with Crippen LogP contribution < -0.4 is 5.73 Å². The highest BCUT2D eigenvalue weighted by atomic mass is 32.1. The summed E-state index contributed by atoms with van der Waals surface area (Å²) in [5, 5.41) is 0. The second-order valence-electron chi connectivity index (χ2n) is 4.12. The van der Waals surface area contributed by atoms with E-state index in [2.05, 4.69) is 0 Å². The molecular weight excluding hydrogens is 208 g/mol. The van der Waals surface area contributed by atoms with E-state index < -0.39 is 0 Å². The van der Waals surface area contributed by atoms with Crippen LogP contribution in [0, 0.1) is 6.92 Å². The standard InChI is InChI=1S/C11H16N2OS/c1-7-9(12)6-10(15-7)11(14)13(2)8-4-3-5-8/h6,8H,3-5,12H2,1-2H3. The normalized spacial score (nSPS) is 16.1. The molecule has 0 aromatic carbocycles. The van der Waals surface area contributed by atoms with Crippen LogP contribution in [-0.4, -0.2) is 23.9 Å². The van der Waals surface area contributed by atoms with Gasteiger partial charge >= 0.3 is 0 Å². The van der Waals surface area contributed by atoms with Crippen LogP contribution in [0.4, 0.5) is 5.69 Å². The molecule has 2 rings (SSSR count). The quantitative estimate of drug-likeness (QED) is 0.837. The summed E-state index contributed by atoms with van der Waals surface area (Å²) in [4.78, 5) is 15.7. The molecule has 0 saturated heterocycles. The summed E-state index contributed by atoms with van der Waals surface area (Å²) >= 11 is 1.49. The fourth-order valence-electron chi connectivity index (χ4n) is 1.72. The molecule has 2 N–H and O–H groups in total. The van der Waals surface area contributed by atoms with Gasteiger partial charge in [0.1, 0.15) is 0 Å². The van der Waals surface area contributed by atoms with Gasteiger partial charge in [-0.3, -0.25) is 4.79 Å². The summed E-state index contributed by atoms with van der Waals surface area (Å²) < 4.78 is 0. The van der Waals surface area contributed by atoms with Gasteiger partial charge in [-0.2, -0.15) is 0 Å². The van der Waals surface area contributed by atoms with Crippen molar-refractivity contribution in [1.29, 1.82) is 0 Å². The van der Waals surface area contributed by atoms with Gasteiger partial charge in [-0.05, 0) is 32.3 Å². The number of thiophene rings is 1. The van der Waals surface area contributed by atoms with Crippen molar-refractivity contribution in [3.63, 3.8) is 0 Å². The third-order valence-electron chi connectivity index (χ3n) is 3.11. The SMILES string of the molecule is Cc1sc(C(=O)N(C)C2CCC2)cc1N. The summed E-state index contributed by atoms with van der Waals surface area (Å²) in [6, 6.07) is 2.23. The van der Waals surface area contributed by atoms with Crippen LogP contribution in [0.3, 0.4) is 0 Å². The van der Waals surface area contributed by atoms with E-state index in [1.165, 1.54) is 17.8 Å². The molecule has 4 heteroatoms. The molecule has 1 aromatic rings. The summed E-state index contributed by atoms with van der Waals surface area (Å²) in [6.07, 6.45) is 3.53. The van der Waals surface area contributed by atoms with Gasteiger partial charge in [-0.25, -0.2) is 0 Å². The number of amides is 1. The van der Waals surface area contributed by atoms with Gasteiger partial charge in [-0.15, -0.1) is 11.3 Å². The highest BCUT2D eigenvalue weighted by Gasteiger charge is 2.27. The first-order chi connectivity index (χ1) is 7.09. The molecule has 0 spiro atoms. The Morgan fingerprint density at radius 3 is 2.67 bits per heavy atom. The highest BCUT2D eigenvalue weighted by molar-refractivity contribution is 7.14. The molecule has 1 fully saturated rings. The maximum Gasteiger partial charge on any atom is 0.263 e. The number of carbonyl (C=O) groups is 1. The number of nitrogen functional groups attached to an aromatic ring is 1. The van der Waals surface area contributed by atoms with Crippen LogP contribution in [0.2, 0.25) is 0 Å². The van der Waals surface area contributed by atoms with E-state index >= 15 is 0 Å². The van der Waals surface area contributed by atoms with E-state index in [0.717, 1.165) is 28.3 Å². The lowest BCUT2D eigenvalue weighted by molar-refractivity contribution is 0.0657. The molecule has 1 aliphatic rings. The number of carbonyl (C=O) groups excluding carboxylic acids is 1. The Morgan fingerprint density at radius 1 is 1.60 bits per heavy atom. The number of aryl methyl sites for hydroxylation is 1. The Kier molecular flexibility index (Phi) is 2.69. The lowest BCUT2D eigenvalue weighted by Crippen LogP contribution is -2.40. The highest BCUT2D eigenvalue weighted by Crippen LogP contribution is 2.28. The van der Waals surface area contributed by atoms with Crippen LogP contribution in [-0.2, 0) is 0 Å². The Morgan fingerprint density at radius 2 is 2.27 bits per heavy atom. The average Bonchev–Trinajstić information content (AvgIpc) is 2.43. The van der Waals surface area contributed by atoms with Gasteiger partial charge in [0, 0.05) is 23.7 Å². The molecule has 0 atom stereocenters. The van der Waals surface area contributed by atoms with Crippen molar-refractivity contribution in [2.75, 3.05) is 12.8 Å². The first-order valence-electron chi connectivity index (χ1n) is 5.22. The van der Waals surface area contributed by atoms with Gasteiger partial charge < -0.3 is 10.6 Å². The fourth-order valence-corrected chi connectivity index (χ4v) is 2.64. The summed E-state index contributed by atoms with van der Waals surface area (Å²) in [5.74, 6) is 0.115. The Bertz CT molecular complexity index is 362. The van der Waals surface area contributed by atoms with Crippen LogP contribution in [0.25, 0.3) is 0 Å². The average molecular weight is 224 g/mol. The third-order valence-corrected chi connectivity index (χ3v) is 4.16. The first-order valence-corrected chi connectivity index (χ1v) is 6.04. The van der Waals surface area contributed by atoms with Crippen LogP contribution in [0.1, 0.15) is 33.8 Å². The number of nitrogens with zero attached hydrogens (tertiary/aromatic N) is 1. The Hall–Kier alpha value is -1.03. The largest absolute Gasteiger partial charge is 0.398 e. The van der Waals surface area contributed by atoms with Gasteiger partial charge in [0.05, 0.1) is 4.88 Å². The van der Waals surface area contributed by atoms with Crippen LogP contribution >= 0.6 is 11.3 Å². The predicted molar refractivity (Wildman–Crippen MR) is 63.2 cm³/mol. The molecule has 15 heavy (non-hydrogen) atoms. The Balaban J connectivity index is 2.12. The van der Waals surface area contributed by atoms with Crippen molar-refractivity contribution in [2.45, 2.75) is 32.2 Å². The third kappa shape index (κ3) is 1.86. The molecule has 1 heterocycles. The minimum absolute atomic E-state index is 0.115. The minimum Gasteiger partial charge on any atom is -0.398 e. The van der Waals surface area contributed by atoms with E-state index in [9.17, 15) is 4.79 Å². The number of hydrogen-bond donors (Lipinski definition) is 1. The van der Waals surface area contributed by atoms with Gasteiger partial charge in [-0.1, -0.05) is 0 Å². The molecule has 0 bridgehead atoms. The second kappa shape index (κ2) is 3.85. The molecule has 0 unspecified atom stereocenters. The molecule has 1 aliphatic carbocycles. The fraction of sp³-hybridized carbons (Fsp3) is 0.545. The number of anilines is 1. The zero-order valence-electron chi connectivity index (χ0n) is 9.12. The number of rotatable bonds is 2. The smallest absolute Gasteiger partial charge is 0.263 e. The lowest BCUT2D eigenvalue weighted by atomic mass is 9.92. The van der Waals surface area contributed by atoms with Crippen molar-refractivity contribution in [3.8, 4) is 0 Å². The monoisotopic (exact) mass is 224 g/mol. The van der Waals surface area contributed by atoms with Crippen molar-refractivity contribution in [1.82, 2.24) is 4.90 Å². The predicted octanol–water partition coefficient (Wildman–Crippen LogP) is 2.26. The van der Waals surface area contributed by atoms with E-state index in [4.69, 9.17) is 5.73 Å². The topological polar surface area (TPSA) is 46.3 Å². The minimum atomic E-state index is 0.115. The van der Waals surface area contributed by atoms with E-state index in [-0.39, 0.29) is 5.91 Å². The van der Waals surface area contributed by atoms with E-state index in [0.29, 0.717) is 6.04 Å². The summed E-state index contributed by atoms with van der Waals surface area (Å²) in [6.45, 7) is 1.94. The molecule has 82 valence electrons. The van der Waals surface area contributed by atoms with E-state index in [1.807, 2.05) is 18.9 Å². The number of nitrogens with two attached hydrogens (primary N) is 1. The van der Waals surface area contributed by atoms with Gasteiger partial charge in [0.15, 0.2) is 0 Å². The summed E-state index contributed by atoms with van der Waals surface area (Å²) in [5.41, 5.74) is 6.47. The molecular formula is C11H16N2OS. The maximum atomic E-state index is 12.0. The maximum absolute atomic E-state index is 12.0. The number of hydrogen-bond acceptors (Lipinski definition) is 3. The molecule has 3 nitrogen and oxygen atoms in total. The zero-order chi connectivity index (χ0) is 11.0. The van der Waals surface area contributed by atoms with Gasteiger partial charge in [0.25, 0.3) is 5.91 Å². The molecule has 0 aliphatic heterocycles. The summed E-state index contributed by atoms with van der Waals surface area (Å²) in [7, 11) is 1.89. The molecule has 1 amide bonds.